The maximum absolute atomic E-state index is 5.36. The van der Waals surface area contributed by atoms with Crippen molar-refractivity contribution in [2.24, 2.45) is 0 Å². The van der Waals surface area contributed by atoms with E-state index in [4.69, 9.17) is 9.72 Å². The molecule has 1 saturated carbocycles. The third-order valence-electron chi connectivity index (χ3n) is 4.37. The molecule has 0 radical (unpaired) electrons. The van der Waals surface area contributed by atoms with Crippen molar-refractivity contribution in [3.05, 3.63) is 30.0 Å². The number of fused-ring (bicyclic) bond motifs is 1. The third-order valence-corrected chi connectivity index (χ3v) is 4.37. The fraction of sp³-hybridized carbons (Fsp3) is 0.500. The molecule has 1 fully saturated rings. The minimum absolute atomic E-state index is 0.638. The number of hydrogen-bond donors (Lipinski definition) is 1. The molecular formula is C18H24N2O. The van der Waals surface area contributed by atoms with E-state index in [1.165, 1.54) is 37.1 Å². The van der Waals surface area contributed by atoms with Gasteiger partial charge in [0.2, 0.25) is 0 Å². The maximum atomic E-state index is 5.36. The first-order valence-electron chi connectivity index (χ1n) is 8.04. The molecule has 1 aromatic carbocycles. The highest BCUT2D eigenvalue weighted by Crippen LogP contribution is 2.36. The van der Waals surface area contributed by atoms with E-state index in [1.54, 1.807) is 7.11 Å². The van der Waals surface area contributed by atoms with E-state index in [2.05, 4.69) is 30.4 Å². The predicted octanol–water partition coefficient (Wildman–Crippen LogP) is 4.72. The molecule has 1 aromatic heterocycles. The SMILES string of the molecule is CCCNc1cc(C2CCCC2)nc2ccc(OC)cc12. The van der Waals surface area contributed by atoms with Crippen molar-refractivity contribution in [2.45, 2.75) is 44.9 Å². The van der Waals surface area contributed by atoms with Crippen LogP contribution in [0.15, 0.2) is 24.3 Å². The summed E-state index contributed by atoms with van der Waals surface area (Å²) in [6.45, 7) is 3.18. The molecule has 0 aliphatic heterocycles. The van der Waals surface area contributed by atoms with Crippen molar-refractivity contribution >= 4 is 16.6 Å². The lowest BCUT2D eigenvalue weighted by atomic mass is 10.0. The summed E-state index contributed by atoms with van der Waals surface area (Å²) in [6, 6.07) is 8.41. The largest absolute Gasteiger partial charge is 0.497 e. The molecule has 3 rings (SSSR count). The Kier molecular flexibility index (Phi) is 4.28. The van der Waals surface area contributed by atoms with E-state index >= 15 is 0 Å². The van der Waals surface area contributed by atoms with Crippen molar-refractivity contribution in [2.75, 3.05) is 19.0 Å². The molecule has 112 valence electrons. The van der Waals surface area contributed by atoms with E-state index in [0.29, 0.717) is 5.92 Å². The van der Waals surface area contributed by atoms with Crippen molar-refractivity contribution in [3.8, 4) is 5.75 Å². The maximum Gasteiger partial charge on any atom is 0.119 e. The van der Waals surface area contributed by atoms with Crippen molar-refractivity contribution in [1.29, 1.82) is 0 Å². The van der Waals surface area contributed by atoms with Gasteiger partial charge >= 0.3 is 0 Å². The molecule has 1 aliphatic rings. The van der Waals surface area contributed by atoms with Crippen molar-refractivity contribution in [1.82, 2.24) is 4.98 Å². The molecule has 2 aromatic rings. The summed E-state index contributed by atoms with van der Waals surface area (Å²) in [7, 11) is 1.71. The highest BCUT2D eigenvalue weighted by molar-refractivity contribution is 5.92. The fourth-order valence-corrected chi connectivity index (χ4v) is 3.19. The van der Waals surface area contributed by atoms with Crippen LogP contribution in [0, 0.1) is 0 Å². The smallest absolute Gasteiger partial charge is 0.119 e. The van der Waals surface area contributed by atoms with Gasteiger partial charge in [-0.3, -0.25) is 4.98 Å². The summed E-state index contributed by atoms with van der Waals surface area (Å²) in [5.74, 6) is 1.52. The Morgan fingerprint density at radius 3 is 2.76 bits per heavy atom. The average Bonchev–Trinajstić information content (AvgIpc) is 3.06. The number of nitrogens with zero attached hydrogens (tertiary/aromatic N) is 1. The van der Waals surface area contributed by atoms with Crippen LogP contribution in [0.4, 0.5) is 5.69 Å². The second-order valence-corrected chi connectivity index (χ2v) is 5.89. The highest BCUT2D eigenvalue weighted by Gasteiger charge is 2.20. The molecule has 0 saturated heterocycles. The summed E-state index contributed by atoms with van der Waals surface area (Å²) in [5.41, 5.74) is 3.52. The number of methoxy groups -OCH3 is 1. The van der Waals surface area contributed by atoms with Gasteiger partial charge in [-0.15, -0.1) is 0 Å². The van der Waals surface area contributed by atoms with Gasteiger partial charge in [-0.05, 0) is 43.5 Å². The zero-order chi connectivity index (χ0) is 14.7. The molecule has 1 N–H and O–H groups in total. The van der Waals surface area contributed by atoms with Gasteiger partial charge in [0.25, 0.3) is 0 Å². The van der Waals surface area contributed by atoms with Crippen LogP contribution in [0.3, 0.4) is 0 Å². The number of nitrogens with one attached hydrogen (secondary N) is 1. The number of rotatable bonds is 5. The van der Waals surface area contributed by atoms with Gasteiger partial charge < -0.3 is 10.1 Å². The number of aromatic nitrogens is 1. The topological polar surface area (TPSA) is 34.2 Å². The first kappa shape index (κ1) is 14.2. The Balaban J connectivity index is 2.06. The summed E-state index contributed by atoms with van der Waals surface area (Å²) < 4.78 is 5.36. The van der Waals surface area contributed by atoms with Gasteiger partial charge in [0, 0.05) is 29.2 Å². The van der Waals surface area contributed by atoms with Crippen LogP contribution in [0.5, 0.6) is 5.75 Å². The van der Waals surface area contributed by atoms with Crippen molar-refractivity contribution in [3.63, 3.8) is 0 Å². The molecule has 0 amide bonds. The van der Waals surface area contributed by atoms with E-state index < -0.39 is 0 Å². The Morgan fingerprint density at radius 2 is 2.05 bits per heavy atom. The number of hydrogen-bond acceptors (Lipinski definition) is 3. The lowest BCUT2D eigenvalue weighted by Crippen LogP contribution is -2.04. The first-order chi connectivity index (χ1) is 10.3. The van der Waals surface area contributed by atoms with Gasteiger partial charge in [0.05, 0.1) is 12.6 Å². The van der Waals surface area contributed by atoms with Crippen LogP contribution in [-0.2, 0) is 0 Å². The molecule has 3 nitrogen and oxygen atoms in total. The third kappa shape index (κ3) is 2.97. The molecule has 21 heavy (non-hydrogen) atoms. The molecule has 1 aliphatic carbocycles. The van der Waals surface area contributed by atoms with Crippen molar-refractivity contribution < 1.29 is 4.74 Å². The van der Waals surface area contributed by atoms with Crippen LogP contribution in [-0.4, -0.2) is 18.6 Å². The van der Waals surface area contributed by atoms with Crippen LogP contribution in [0.25, 0.3) is 10.9 Å². The van der Waals surface area contributed by atoms with E-state index in [1.807, 2.05) is 6.07 Å². The van der Waals surface area contributed by atoms with Crippen LogP contribution >= 0.6 is 0 Å². The molecule has 3 heteroatoms. The fourth-order valence-electron chi connectivity index (χ4n) is 3.19. The second kappa shape index (κ2) is 6.33. The molecule has 1 heterocycles. The summed E-state index contributed by atoms with van der Waals surface area (Å²) in [6.07, 6.45) is 6.35. The summed E-state index contributed by atoms with van der Waals surface area (Å²) >= 11 is 0. The van der Waals surface area contributed by atoms with Gasteiger partial charge in [0.15, 0.2) is 0 Å². The van der Waals surface area contributed by atoms with E-state index in [-0.39, 0.29) is 0 Å². The molecule has 0 spiro atoms. The van der Waals surface area contributed by atoms with Crippen LogP contribution < -0.4 is 10.1 Å². The molecule has 0 unspecified atom stereocenters. The van der Waals surface area contributed by atoms with Crippen LogP contribution in [0.2, 0.25) is 0 Å². The molecule has 0 bridgehead atoms. The summed E-state index contributed by atoms with van der Waals surface area (Å²) in [4.78, 5) is 4.91. The summed E-state index contributed by atoms with van der Waals surface area (Å²) in [5, 5.41) is 4.71. The molecule has 0 atom stereocenters. The Labute approximate surface area is 126 Å². The van der Waals surface area contributed by atoms with Gasteiger partial charge in [-0.2, -0.15) is 0 Å². The van der Waals surface area contributed by atoms with E-state index in [9.17, 15) is 0 Å². The van der Waals surface area contributed by atoms with Gasteiger partial charge in [-0.1, -0.05) is 19.8 Å². The second-order valence-electron chi connectivity index (χ2n) is 5.89. The standard InChI is InChI=1S/C18H24N2O/c1-3-10-19-18-12-17(13-6-4-5-7-13)20-16-9-8-14(21-2)11-15(16)18/h8-9,11-13H,3-7,10H2,1-2H3,(H,19,20). The number of benzene rings is 1. The highest BCUT2D eigenvalue weighted by atomic mass is 16.5. The first-order valence-corrected chi connectivity index (χ1v) is 8.04. The Morgan fingerprint density at radius 1 is 1.24 bits per heavy atom. The lowest BCUT2D eigenvalue weighted by molar-refractivity contribution is 0.415. The van der Waals surface area contributed by atoms with Gasteiger partial charge in [0.1, 0.15) is 5.75 Å². The molecular weight excluding hydrogens is 260 g/mol. The number of pyridine rings is 1. The Hall–Kier alpha value is -1.77. The minimum Gasteiger partial charge on any atom is -0.497 e. The minimum atomic E-state index is 0.638. The number of anilines is 1. The van der Waals surface area contributed by atoms with Gasteiger partial charge in [-0.25, -0.2) is 0 Å². The van der Waals surface area contributed by atoms with Crippen LogP contribution in [0.1, 0.15) is 50.6 Å². The normalized spacial score (nSPS) is 15.5. The quantitative estimate of drug-likeness (QED) is 0.862. The Bertz CT molecular complexity index is 618. The predicted molar refractivity (Wildman–Crippen MR) is 88.3 cm³/mol. The van der Waals surface area contributed by atoms with E-state index in [0.717, 1.165) is 29.6 Å². The lowest BCUT2D eigenvalue weighted by Gasteiger charge is -2.15. The zero-order valence-electron chi connectivity index (χ0n) is 13.0. The number of ether oxygens (including phenoxy) is 1. The monoisotopic (exact) mass is 284 g/mol. The average molecular weight is 284 g/mol. The zero-order valence-corrected chi connectivity index (χ0v) is 13.0.